The number of aryl methyl sites for hydroxylation is 1. The van der Waals surface area contributed by atoms with Crippen molar-refractivity contribution < 1.29 is 18.3 Å². The number of aromatic nitrogens is 1. The lowest BCUT2D eigenvalue weighted by atomic mass is 9.99. The first-order chi connectivity index (χ1) is 11.8. The van der Waals surface area contributed by atoms with E-state index in [1.54, 1.807) is 29.9 Å². The lowest BCUT2D eigenvalue weighted by Crippen LogP contribution is -2.12. The predicted octanol–water partition coefficient (Wildman–Crippen LogP) is 4.44. The number of pyridine rings is 1. The van der Waals surface area contributed by atoms with Crippen molar-refractivity contribution in [2.75, 3.05) is 0 Å². The molecule has 1 heterocycles. The van der Waals surface area contributed by atoms with Gasteiger partial charge in [-0.25, -0.2) is 0 Å². The maximum atomic E-state index is 12.9. The summed E-state index contributed by atoms with van der Waals surface area (Å²) in [6.07, 6.45) is -1.37. The molecule has 1 aromatic heterocycles. The smallest absolute Gasteiger partial charge is 0.416 e. The molecular weight excluding hydrogens is 331 g/mol. The van der Waals surface area contributed by atoms with Crippen LogP contribution in [0.15, 0.2) is 65.7 Å². The molecule has 0 aliphatic carbocycles. The second-order valence-electron chi connectivity index (χ2n) is 5.71. The first kappa shape index (κ1) is 16.8. The number of phenols is 1. The average molecular weight is 345 g/mol. The molecule has 6 heteroatoms. The number of rotatable bonds is 2. The fourth-order valence-corrected chi connectivity index (χ4v) is 2.62. The lowest BCUT2D eigenvalue weighted by Gasteiger charge is -2.11. The summed E-state index contributed by atoms with van der Waals surface area (Å²) in [7, 11) is 1.69. The highest BCUT2D eigenvalue weighted by Crippen LogP contribution is 2.32. The Labute approximate surface area is 141 Å². The molecule has 0 saturated carbocycles. The molecule has 0 aliphatic heterocycles. The van der Waals surface area contributed by atoms with Crippen molar-refractivity contribution in [2.24, 2.45) is 7.05 Å². The van der Waals surface area contributed by atoms with Gasteiger partial charge in [0.25, 0.3) is 0 Å². The summed E-state index contributed by atoms with van der Waals surface area (Å²) >= 11 is 0. The summed E-state index contributed by atoms with van der Waals surface area (Å²) in [4.78, 5) is 12.8. The third-order valence-corrected chi connectivity index (χ3v) is 3.83. The molecule has 0 fully saturated rings. The Morgan fingerprint density at radius 1 is 0.920 bits per heavy atom. The number of hydrogen-bond donors (Lipinski definition) is 1. The molecular formula is C19H14F3NO2. The van der Waals surface area contributed by atoms with Crippen LogP contribution in [0.4, 0.5) is 13.2 Å². The van der Waals surface area contributed by atoms with Crippen molar-refractivity contribution in [3.05, 3.63) is 76.7 Å². The summed E-state index contributed by atoms with van der Waals surface area (Å²) in [6, 6.07) is 10.8. The van der Waals surface area contributed by atoms with E-state index in [9.17, 15) is 23.1 Å². The lowest BCUT2D eigenvalue weighted by molar-refractivity contribution is -0.137. The molecule has 0 bridgehead atoms. The molecule has 0 saturated heterocycles. The maximum Gasteiger partial charge on any atom is 0.416 e. The topological polar surface area (TPSA) is 42.2 Å². The standard InChI is InChI=1S/C19H14F3NO2/c1-23-10-16(12-5-7-15(24)8-6-12)18(25)17(11-23)13-3-2-4-14(9-13)19(20,21)22/h2-11,24H,1H3. The number of hydrogen-bond acceptors (Lipinski definition) is 2. The van der Waals surface area contributed by atoms with Crippen LogP contribution in [-0.4, -0.2) is 9.67 Å². The quantitative estimate of drug-likeness (QED) is 0.746. The first-order valence-electron chi connectivity index (χ1n) is 7.43. The van der Waals surface area contributed by atoms with Crippen molar-refractivity contribution in [3.8, 4) is 28.0 Å². The van der Waals surface area contributed by atoms with Crippen LogP contribution in [0.2, 0.25) is 0 Å². The molecule has 0 atom stereocenters. The van der Waals surface area contributed by atoms with Crippen LogP contribution in [-0.2, 0) is 13.2 Å². The minimum absolute atomic E-state index is 0.0645. The number of aromatic hydroxyl groups is 1. The van der Waals surface area contributed by atoms with Gasteiger partial charge in [0.15, 0.2) is 5.43 Å². The summed E-state index contributed by atoms with van der Waals surface area (Å²) in [5, 5.41) is 9.38. The summed E-state index contributed by atoms with van der Waals surface area (Å²) in [6.45, 7) is 0. The van der Waals surface area contributed by atoms with Gasteiger partial charge in [-0.2, -0.15) is 13.2 Å². The minimum atomic E-state index is -4.48. The van der Waals surface area contributed by atoms with Gasteiger partial charge in [0.2, 0.25) is 0 Å². The highest BCUT2D eigenvalue weighted by atomic mass is 19.4. The van der Waals surface area contributed by atoms with Crippen LogP contribution in [0.5, 0.6) is 5.75 Å². The molecule has 2 aromatic carbocycles. The monoisotopic (exact) mass is 345 g/mol. The molecule has 3 aromatic rings. The summed E-state index contributed by atoms with van der Waals surface area (Å²) in [5.74, 6) is 0.0645. The van der Waals surface area contributed by atoms with Gasteiger partial charge < -0.3 is 9.67 Å². The van der Waals surface area contributed by atoms with Gasteiger partial charge >= 0.3 is 6.18 Å². The van der Waals surface area contributed by atoms with Crippen LogP contribution in [0, 0.1) is 0 Å². The summed E-state index contributed by atoms with van der Waals surface area (Å²) < 4.78 is 40.4. The van der Waals surface area contributed by atoms with Crippen LogP contribution >= 0.6 is 0 Å². The molecule has 3 rings (SSSR count). The molecule has 25 heavy (non-hydrogen) atoms. The zero-order valence-corrected chi connectivity index (χ0v) is 13.2. The first-order valence-corrected chi connectivity index (χ1v) is 7.43. The van der Waals surface area contributed by atoms with E-state index in [-0.39, 0.29) is 22.3 Å². The summed E-state index contributed by atoms with van der Waals surface area (Å²) in [5.41, 5.74) is 0.130. The van der Waals surface area contributed by atoms with E-state index in [4.69, 9.17) is 0 Å². The van der Waals surface area contributed by atoms with Crippen LogP contribution in [0.1, 0.15) is 5.56 Å². The number of alkyl halides is 3. The van der Waals surface area contributed by atoms with Crippen LogP contribution in [0.3, 0.4) is 0 Å². The van der Waals surface area contributed by atoms with E-state index in [0.29, 0.717) is 11.1 Å². The van der Waals surface area contributed by atoms with Gasteiger partial charge in [-0.3, -0.25) is 4.79 Å². The SMILES string of the molecule is Cn1cc(-c2ccc(O)cc2)c(=O)c(-c2cccc(C(F)(F)F)c2)c1. The molecule has 0 unspecified atom stereocenters. The highest BCUT2D eigenvalue weighted by molar-refractivity contribution is 5.72. The third kappa shape index (κ3) is 3.42. The van der Waals surface area contributed by atoms with Gasteiger partial charge in [-0.1, -0.05) is 24.3 Å². The Kier molecular flexibility index (Phi) is 4.12. The van der Waals surface area contributed by atoms with Crippen LogP contribution < -0.4 is 5.43 Å². The second kappa shape index (κ2) is 6.12. The molecule has 0 radical (unpaired) electrons. The van der Waals surface area contributed by atoms with Crippen LogP contribution in [0.25, 0.3) is 22.3 Å². The molecule has 0 aliphatic rings. The number of benzene rings is 2. The average Bonchev–Trinajstić information content (AvgIpc) is 2.57. The predicted molar refractivity (Wildman–Crippen MR) is 89.2 cm³/mol. The van der Waals surface area contributed by atoms with E-state index in [0.717, 1.165) is 12.1 Å². The van der Waals surface area contributed by atoms with E-state index < -0.39 is 11.7 Å². The van der Waals surface area contributed by atoms with E-state index in [1.807, 2.05) is 0 Å². The zero-order chi connectivity index (χ0) is 18.2. The van der Waals surface area contributed by atoms with Gasteiger partial charge in [-0.05, 0) is 35.4 Å². The van der Waals surface area contributed by atoms with Crippen molar-refractivity contribution in [1.29, 1.82) is 0 Å². The Morgan fingerprint density at radius 3 is 2.12 bits per heavy atom. The van der Waals surface area contributed by atoms with Gasteiger partial charge in [-0.15, -0.1) is 0 Å². The fourth-order valence-electron chi connectivity index (χ4n) is 2.62. The van der Waals surface area contributed by atoms with E-state index in [1.165, 1.54) is 30.5 Å². The Bertz CT molecular complexity index is 973. The van der Waals surface area contributed by atoms with Crippen molar-refractivity contribution in [2.45, 2.75) is 6.18 Å². The molecule has 128 valence electrons. The van der Waals surface area contributed by atoms with Gasteiger partial charge in [0.05, 0.1) is 5.56 Å². The molecule has 1 N–H and O–H groups in total. The van der Waals surface area contributed by atoms with E-state index in [2.05, 4.69) is 0 Å². The largest absolute Gasteiger partial charge is 0.508 e. The minimum Gasteiger partial charge on any atom is -0.508 e. The van der Waals surface area contributed by atoms with Gasteiger partial charge in [0.1, 0.15) is 5.75 Å². The molecule has 3 nitrogen and oxygen atoms in total. The van der Waals surface area contributed by atoms with Crippen molar-refractivity contribution >= 4 is 0 Å². The Hall–Kier alpha value is -3.02. The highest BCUT2D eigenvalue weighted by Gasteiger charge is 2.30. The third-order valence-electron chi connectivity index (χ3n) is 3.83. The van der Waals surface area contributed by atoms with Gasteiger partial charge in [0, 0.05) is 30.6 Å². The number of nitrogens with zero attached hydrogens (tertiary/aromatic N) is 1. The second-order valence-corrected chi connectivity index (χ2v) is 5.71. The zero-order valence-electron chi connectivity index (χ0n) is 13.2. The normalized spacial score (nSPS) is 11.5. The van der Waals surface area contributed by atoms with Crippen molar-refractivity contribution in [3.63, 3.8) is 0 Å². The van der Waals surface area contributed by atoms with Crippen molar-refractivity contribution in [1.82, 2.24) is 4.57 Å². The Morgan fingerprint density at radius 2 is 1.52 bits per heavy atom. The van der Waals surface area contributed by atoms with E-state index >= 15 is 0 Å². The fraction of sp³-hybridized carbons (Fsp3) is 0.105. The number of halogens is 3. The molecule has 0 amide bonds. The Balaban J connectivity index is 2.19. The maximum absolute atomic E-state index is 12.9. The molecule has 0 spiro atoms. The number of phenolic OH excluding ortho intramolecular Hbond substituents is 1.